The zero-order valence-electron chi connectivity index (χ0n) is 7.89. The highest BCUT2D eigenvalue weighted by Gasteiger charge is 2.00. The van der Waals surface area contributed by atoms with Crippen LogP contribution in [0.5, 0.6) is 0 Å². The molecule has 0 unspecified atom stereocenters. The topological polar surface area (TPSA) is 46.3 Å². The minimum absolute atomic E-state index is 0.656. The summed E-state index contributed by atoms with van der Waals surface area (Å²) in [5, 5.41) is 0. The number of carbonyl (C=O) groups is 1. The number of hydrogen-bond donors (Lipinski definition) is 2. The Morgan fingerprint density at radius 3 is 2.50 bits per heavy atom. The van der Waals surface area contributed by atoms with Crippen LogP contribution in [0.3, 0.4) is 0 Å². The molecule has 2 N–H and O–H groups in total. The van der Waals surface area contributed by atoms with E-state index < -0.39 is 0 Å². The van der Waals surface area contributed by atoms with Gasteiger partial charge < -0.3 is 10.0 Å². The fourth-order valence-corrected chi connectivity index (χ4v) is 1.37. The lowest BCUT2D eigenvalue weighted by Gasteiger charge is -2.16. The molecule has 0 saturated carbocycles. The highest BCUT2D eigenvalue weighted by molar-refractivity contribution is 7.81. The molecule has 0 aromatic heterocycles. The number of carbonyl (C=O) groups excluding carboxylic acids is 1. The molecular formula is C10H14N2OS. The van der Waals surface area contributed by atoms with E-state index in [4.69, 9.17) is 5.73 Å². The fraction of sp³-hybridized carbons (Fsp3) is 0.300. The maximum Gasteiger partial charge on any atom is 0.150 e. The van der Waals surface area contributed by atoms with Crippen molar-refractivity contribution < 1.29 is 4.79 Å². The molecule has 76 valence electrons. The third kappa shape index (κ3) is 3.05. The van der Waals surface area contributed by atoms with Gasteiger partial charge in [-0.15, -0.1) is 0 Å². The monoisotopic (exact) mass is 210 g/mol. The Bertz CT molecular complexity index is 287. The number of anilines is 1. The van der Waals surface area contributed by atoms with Gasteiger partial charge in [0.05, 0.1) is 0 Å². The van der Waals surface area contributed by atoms with Gasteiger partial charge in [0.2, 0.25) is 0 Å². The molecule has 14 heavy (non-hydrogen) atoms. The van der Waals surface area contributed by atoms with Crippen molar-refractivity contribution in [3.8, 4) is 0 Å². The van der Waals surface area contributed by atoms with Crippen molar-refractivity contribution in [2.45, 2.75) is 6.42 Å². The molecule has 0 amide bonds. The molecule has 0 saturated heterocycles. The van der Waals surface area contributed by atoms with E-state index in [9.17, 15) is 4.79 Å². The van der Waals surface area contributed by atoms with Crippen LogP contribution in [0.2, 0.25) is 0 Å². The Kier molecular flexibility index (Phi) is 4.49. The van der Waals surface area contributed by atoms with Crippen LogP contribution in [0.1, 0.15) is 16.8 Å². The minimum Gasteiger partial charge on any atom is -0.330 e. The van der Waals surface area contributed by atoms with Crippen molar-refractivity contribution in [3.05, 3.63) is 29.8 Å². The number of benzene rings is 1. The fourth-order valence-electron chi connectivity index (χ4n) is 1.10. The van der Waals surface area contributed by atoms with E-state index in [0.29, 0.717) is 12.1 Å². The largest absolute Gasteiger partial charge is 0.330 e. The second kappa shape index (κ2) is 5.67. The number of aldehydes is 1. The van der Waals surface area contributed by atoms with Gasteiger partial charge in [-0.25, -0.2) is 0 Å². The molecule has 1 rings (SSSR count). The van der Waals surface area contributed by atoms with Crippen molar-refractivity contribution in [1.82, 2.24) is 0 Å². The molecule has 0 atom stereocenters. The van der Waals surface area contributed by atoms with Crippen LogP contribution < -0.4 is 10.0 Å². The van der Waals surface area contributed by atoms with E-state index in [1.54, 1.807) is 12.1 Å². The average molecular weight is 210 g/mol. The molecule has 0 radical (unpaired) electrons. The number of nitrogens with two attached hydrogens (primary N) is 1. The van der Waals surface area contributed by atoms with Gasteiger partial charge in [-0.2, -0.15) is 0 Å². The lowest BCUT2D eigenvalue weighted by molar-refractivity contribution is 0.112. The zero-order valence-corrected chi connectivity index (χ0v) is 8.78. The van der Waals surface area contributed by atoms with Gasteiger partial charge in [-0.05, 0) is 37.2 Å². The summed E-state index contributed by atoms with van der Waals surface area (Å²) in [5.41, 5.74) is 7.05. The summed E-state index contributed by atoms with van der Waals surface area (Å²) in [6.45, 7) is 1.46. The molecular weight excluding hydrogens is 196 g/mol. The molecule has 0 heterocycles. The normalized spacial score (nSPS) is 9.86. The molecule has 4 heteroatoms. The molecule has 1 aromatic carbocycles. The smallest absolute Gasteiger partial charge is 0.150 e. The second-order valence-corrected chi connectivity index (χ2v) is 3.46. The predicted molar refractivity (Wildman–Crippen MR) is 61.8 cm³/mol. The Balaban J connectivity index is 2.61. The van der Waals surface area contributed by atoms with Crippen molar-refractivity contribution in [3.63, 3.8) is 0 Å². The van der Waals surface area contributed by atoms with E-state index in [0.717, 1.165) is 24.9 Å². The third-order valence-electron chi connectivity index (χ3n) is 1.90. The maximum absolute atomic E-state index is 10.4. The molecule has 0 aliphatic heterocycles. The first-order chi connectivity index (χ1) is 6.77. The summed E-state index contributed by atoms with van der Waals surface area (Å²) in [7, 11) is 0. The summed E-state index contributed by atoms with van der Waals surface area (Å²) in [4.78, 5) is 10.4. The minimum atomic E-state index is 0.656. The van der Waals surface area contributed by atoms with Gasteiger partial charge in [0, 0.05) is 17.8 Å². The standard InChI is InChI=1S/C10H14N2OS/c11-6-1-7-12(14)10-4-2-9(8-13)3-5-10/h2-5,8,14H,1,6-7,11H2. The summed E-state index contributed by atoms with van der Waals surface area (Å²) in [6, 6.07) is 7.28. The van der Waals surface area contributed by atoms with Crippen LogP contribution in [0.4, 0.5) is 5.69 Å². The van der Waals surface area contributed by atoms with Crippen LogP contribution in [0.25, 0.3) is 0 Å². The maximum atomic E-state index is 10.4. The number of rotatable bonds is 5. The van der Waals surface area contributed by atoms with Gasteiger partial charge in [-0.3, -0.25) is 4.79 Å². The molecule has 0 aliphatic rings. The van der Waals surface area contributed by atoms with Gasteiger partial charge in [0.15, 0.2) is 0 Å². The Morgan fingerprint density at radius 2 is 2.00 bits per heavy atom. The first kappa shape index (κ1) is 11.1. The van der Waals surface area contributed by atoms with Crippen LogP contribution in [0, 0.1) is 0 Å². The summed E-state index contributed by atoms with van der Waals surface area (Å²) in [6.07, 6.45) is 1.73. The second-order valence-electron chi connectivity index (χ2n) is 2.97. The van der Waals surface area contributed by atoms with Crippen molar-refractivity contribution in [1.29, 1.82) is 0 Å². The molecule has 0 aliphatic carbocycles. The summed E-state index contributed by atoms with van der Waals surface area (Å²) < 4.78 is 1.82. The summed E-state index contributed by atoms with van der Waals surface area (Å²) in [5.74, 6) is 0. The van der Waals surface area contributed by atoms with Gasteiger partial charge in [-0.1, -0.05) is 12.8 Å². The van der Waals surface area contributed by atoms with Crippen molar-refractivity contribution in [2.75, 3.05) is 17.4 Å². The third-order valence-corrected chi connectivity index (χ3v) is 2.33. The number of thiol groups is 1. The lowest BCUT2D eigenvalue weighted by Crippen LogP contribution is -2.15. The zero-order chi connectivity index (χ0) is 10.4. The highest BCUT2D eigenvalue weighted by Crippen LogP contribution is 2.16. The van der Waals surface area contributed by atoms with E-state index in [1.165, 1.54) is 0 Å². The number of nitrogens with zero attached hydrogens (tertiary/aromatic N) is 1. The van der Waals surface area contributed by atoms with Gasteiger partial charge in [0.25, 0.3) is 0 Å². The molecule has 0 spiro atoms. The van der Waals surface area contributed by atoms with Crippen LogP contribution >= 0.6 is 12.8 Å². The van der Waals surface area contributed by atoms with E-state index >= 15 is 0 Å². The highest BCUT2D eigenvalue weighted by atomic mass is 32.1. The van der Waals surface area contributed by atoms with E-state index in [-0.39, 0.29) is 0 Å². The quantitative estimate of drug-likeness (QED) is 0.572. The van der Waals surface area contributed by atoms with E-state index in [1.807, 2.05) is 16.4 Å². The van der Waals surface area contributed by atoms with Crippen LogP contribution in [-0.4, -0.2) is 19.4 Å². The number of hydrogen-bond acceptors (Lipinski definition) is 4. The average Bonchev–Trinajstić information content (AvgIpc) is 2.26. The lowest BCUT2D eigenvalue weighted by atomic mass is 10.2. The Morgan fingerprint density at radius 1 is 1.36 bits per heavy atom. The SMILES string of the molecule is NCCCN(S)c1ccc(C=O)cc1. The first-order valence-corrected chi connectivity index (χ1v) is 4.89. The molecule has 1 aromatic rings. The predicted octanol–water partition coefficient (Wildman–Crippen LogP) is 1.50. The molecule has 3 nitrogen and oxygen atoms in total. The molecule has 0 fully saturated rings. The van der Waals surface area contributed by atoms with Crippen LogP contribution in [-0.2, 0) is 0 Å². The van der Waals surface area contributed by atoms with Gasteiger partial charge in [0.1, 0.15) is 6.29 Å². The van der Waals surface area contributed by atoms with Crippen LogP contribution in [0.15, 0.2) is 24.3 Å². The Hall–Kier alpha value is -1.00. The molecule has 0 bridgehead atoms. The summed E-state index contributed by atoms with van der Waals surface area (Å²) >= 11 is 4.31. The first-order valence-electron chi connectivity index (χ1n) is 4.49. The van der Waals surface area contributed by atoms with Crippen molar-refractivity contribution >= 4 is 24.8 Å². The van der Waals surface area contributed by atoms with Gasteiger partial charge >= 0.3 is 0 Å². The van der Waals surface area contributed by atoms with E-state index in [2.05, 4.69) is 12.8 Å². The Labute approximate surface area is 89.4 Å². The van der Waals surface area contributed by atoms with Crippen molar-refractivity contribution in [2.24, 2.45) is 5.73 Å².